The van der Waals surface area contributed by atoms with Crippen LogP contribution in [0, 0.1) is 5.92 Å². The second kappa shape index (κ2) is 2.79. The second-order valence-corrected chi connectivity index (χ2v) is 3.77. The quantitative estimate of drug-likeness (QED) is 0.788. The molecule has 15 heavy (non-hydrogen) atoms. The van der Waals surface area contributed by atoms with Crippen LogP contribution < -0.4 is 0 Å². The summed E-state index contributed by atoms with van der Waals surface area (Å²) in [5, 5.41) is 8.85. The molecular formula is C10H9N3O2. The largest absolute Gasteiger partial charge is 0.481 e. The van der Waals surface area contributed by atoms with Gasteiger partial charge in [0.15, 0.2) is 5.65 Å². The van der Waals surface area contributed by atoms with E-state index in [9.17, 15) is 4.79 Å². The molecule has 0 radical (unpaired) electrons. The number of imidazole rings is 1. The van der Waals surface area contributed by atoms with E-state index in [2.05, 4.69) is 9.97 Å². The fraction of sp³-hybridized carbons (Fsp3) is 0.300. The van der Waals surface area contributed by atoms with Gasteiger partial charge in [-0.3, -0.25) is 9.78 Å². The molecule has 5 heteroatoms. The summed E-state index contributed by atoms with van der Waals surface area (Å²) in [4.78, 5) is 18.9. The van der Waals surface area contributed by atoms with E-state index in [1.807, 2.05) is 10.6 Å². The first-order valence-corrected chi connectivity index (χ1v) is 4.77. The maximum absolute atomic E-state index is 10.8. The van der Waals surface area contributed by atoms with Gasteiger partial charge in [0.1, 0.15) is 0 Å². The molecule has 1 fully saturated rings. The van der Waals surface area contributed by atoms with Crippen molar-refractivity contribution >= 4 is 11.6 Å². The maximum Gasteiger partial charge on any atom is 0.307 e. The first kappa shape index (κ1) is 8.40. The third kappa shape index (κ3) is 1.20. The van der Waals surface area contributed by atoms with Gasteiger partial charge in [0.25, 0.3) is 0 Å². The summed E-state index contributed by atoms with van der Waals surface area (Å²) in [5.74, 6) is -0.845. The van der Waals surface area contributed by atoms with Crippen LogP contribution >= 0.6 is 0 Å². The Morgan fingerprint density at radius 3 is 3.13 bits per heavy atom. The molecule has 2 aromatic heterocycles. The highest BCUT2D eigenvalue weighted by atomic mass is 16.4. The zero-order valence-corrected chi connectivity index (χ0v) is 7.87. The summed E-state index contributed by atoms with van der Waals surface area (Å²) >= 11 is 0. The topological polar surface area (TPSA) is 67.5 Å². The van der Waals surface area contributed by atoms with Crippen LogP contribution in [-0.2, 0) is 4.79 Å². The van der Waals surface area contributed by atoms with Crippen molar-refractivity contribution in [3.05, 3.63) is 30.5 Å². The van der Waals surface area contributed by atoms with Crippen LogP contribution in [0.1, 0.15) is 18.0 Å². The van der Waals surface area contributed by atoms with E-state index >= 15 is 0 Å². The normalized spacial score (nSPS) is 24.3. The van der Waals surface area contributed by atoms with E-state index in [-0.39, 0.29) is 11.8 Å². The van der Waals surface area contributed by atoms with Gasteiger partial charge in [-0.1, -0.05) is 0 Å². The zero-order chi connectivity index (χ0) is 10.4. The first-order chi connectivity index (χ1) is 7.27. The van der Waals surface area contributed by atoms with E-state index in [4.69, 9.17) is 5.11 Å². The van der Waals surface area contributed by atoms with Crippen LogP contribution in [0.4, 0.5) is 0 Å². The van der Waals surface area contributed by atoms with E-state index in [0.29, 0.717) is 6.42 Å². The van der Waals surface area contributed by atoms with Gasteiger partial charge in [0.05, 0.1) is 12.1 Å². The third-order valence-corrected chi connectivity index (χ3v) is 2.83. The molecule has 2 heterocycles. The smallest absolute Gasteiger partial charge is 0.307 e. The standard InChI is InChI=1S/C10H9N3O2/c14-10(15)7-3-6(7)8-4-12-9-5-11-1-2-13(8)9/h1-2,4-7H,3H2,(H,14,15). The highest BCUT2D eigenvalue weighted by Gasteiger charge is 2.45. The number of aliphatic carboxylic acids is 1. The highest BCUT2D eigenvalue weighted by molar-refractivity contribution is 5.75. The highest BCUT2D eigenvalue weighted by Crippen LogP contribution is 2.47. The molecule has 5 nitrogen and oxygen atoms in total. The van der Waals surface area contributed by atoms with E-state index in [0.717, 1.165) is 11.3 Å². The van der Waals surface area contributed by atoms with Gasteiger partial charge in [-0.25, -0.2) is 4.98 Å². The Kier molecular flexibility index (Phi) is 1.56. The Morgan fingerprint density at radius 1 is 1.53 bits per heavy atom. The Balaban J connectivity index is 2.03. The van der Waals surface area contributed by atoms with Crippen molar-refractivity contribution in [3.63, 3.8) is 0 Å². The summed E-state index contributed by atoms with van der Waals surface area (Å²) in [5.41, 5.74) is 1.74. The number of carbonyl (C=O) groups is 1. The fourth-order valence-electron chi connectivity index (χ4n) is 1.93. The van der Waals surface area contributed by atoms with E-state index < -0.39 is 5.97 Å². The second-order valence-electron chi connectivity index (χ2n) is 3.77. The average Bonchev–Trinajstić information content (AvgIpc) is 2.92. The van der Waals surface area contributed by atoms with Crippen LogP contribution in [0.3, 0.4) is 0 Å². The summed E-state index contributed by atoms with van der Waals surface area (Å²) in [6.07, 6.45) is 7.61. The van der Waals surface area contributed by atoms with Crippen molar-refractivity contribution < 1.29 is 9.90 Å². The minimum absolute atomic E-state index is 0.111. The van der Waals surface area contributed by atoms with E-state index in [1.165, 1.54) is 0 Å². The Morgan fingerprint density at radius 2 is 2.40 bits per heavy atom. The molecule has 1 aliphatic rings. The average molecular weight is 203 g/mol. The predicted molar refractivity (Wildman–Crippen MR) is 51.5 cm³/mol. The Labute approximate surface area is 85.4 Å². The summed E-state index contributed by atoms with van der Waals surface area (Å²) in [6.45, 7) is 0. The van der Waals surface area contributed by atoms with Crippen LogP contribution in [0.15, 0.2) is 24.8 Å². The minimum atomic E-state index is -0.719. The van der Waals surface area contributed by atoms with Gasteiger partial charge in [-0.2, -0.15) is 0 Å². The molecule has 1 N–H and O–H groups in total. The molecule has 2 unspecified atom stereocenters. The lowest BCUT2D eigenvalue weighted by molar-refractivity contribution is -0.138. The molecule has 3 rings (SSSR count). The van der Waals surface area contributed by atoms with Crippen LogP contribution in [0.2, 0.25) is 0 Å². The molecule has 0 aromatic carbocycles. The number of rotatable bonds is 2. The lowest BCUT2D eigenvalue weighted by atomic mass is 10.2. The van der Waals surface area contributed by atoms with Gasteiger partial charge >= 0.3 is 5.97 Å². The van der Waals surface area contributed by atoms with Crippen LogP contribution in [0.5, 0.6) is 0 Å². The molecule has 2 aromatic rings. The molecule has 0 bridgehead atoms. The molecule has 0 amide bonds. The first-order valence-electron chi connectivity index (χ1n) is 4.77. The molecule has 1 saturated carbocycles. The van der Waals surface area contributed by atoms with Gasteiger partial charge in [-0.05, 0) is 6.42 Å². The number of hydrogen-bond donors (Lipinski definition) is 1. The molecule has 76 valence electrons. The minimum Gasteiger partial charge on any atom is -0.481 e. The van der Waals surface area contributed by atoms with Crippen molar-refractivity contribution in [2.75, 3.05) is 0 Å². The predicted octanol–water partition coefficient (Wildman–Crippen LogP) is 0.917. The monoisotopic (exact) mass is 203 g/mol. The van der Waals surface area contributed by atoms with Gasteiger partial charge in [0, 0.05) is 30.2 Å². The zero-order valence-electron chi connectivity index (χ0n) is 7.87. The van der Waals surface area contributed by atoms with Crippen molar-refractivity contribution in [2.45, 2.75) is 12.3 Å². The fourth-order valence-corrected chi connectivity index (χ4v) is 1.93. The Hall–Kier alpha value is -1.91. The molecule has 0 aliphatic heterocycles. The number of nitrogens with zero attached hydrogens (tertiary/aromatic N) is 3. The number of fused-ring (bicyclic) bond motifs is 1. The van der Waals surface area contributed by atoms with Crippen molar-refractivity contribution in [2.24, 2.45) is 5.92 Å². The van der Waals surface area contributed by atoms with Crippen molar-refractivity contribution in [1.29, 1.82) is 0 Å². The molecule has 0 spiro atoms. The third-order valence-electron chi connectivity index (χ3n) is 2.83. The Bertz CT molecular complexity index is 534. The van der Waals surface area contributed by atoms with Gasteiger partial charge < -0.3 is 9.51 Å². The number of carboxylic acids is 1. The molecule has 0 saturated heterocycles. The molecule has 1 aliphatic carbocycles. The maximum atomic E-state index is 10.8. The number of aromatic nitrogens is 3. The lowest BCUT2D eigenvalue weighted by Gasteiger charge is -1.97. The lowest BCUT2D eigenvalue weighted by Crippen LogP contribution is -2.00. The molecular weight excluding hydrogens is 194 g/mol. The summed E-state index contributed by atoms with van der Waals surface area (Å²) in [7, 11) is 0. The number of hydrogen-bond acceptors (Lipinski definition) is 3. The van der Waals surface area contributed by atoms with Gasteiger partial charge in [0.2, 0.25) is 0 Å². The van der Waals surface area contributed by atoms with E-state index in [1.54, 1.807) is 18.6 Å². The summed E-state index contributed by atoms with van der Waals surface area (Å²) < 4.78 is 1.90. The van der Waals surface area contributed by atoms with Crippen LogP contribution in [-0.4, -0.2) is 25.4 Å². The van der Waals surface area contributed by atoms with Crippen LogP contribution in [0.25, 0.3) is 5.65 Å². The number of carboxylic acid groups (broad SMARTS) is 1. The van der Waals surface area contributed by atoms with Gasteiger partial charge in [-0.15, -0.1) is 0 Å². The SMILES string of the molecule is O=C(O)C1CC1c1cnc2cnccn12. The summed E-state index contributed by atoms with van der Waals surface area (Å²) in [6, 6.07) is 0. The van der Waals surface area contributed by atoms with Crippen molar-refractivity contribution in [3.8, 4) is 0 Å². The van der Waals surface area contributed by atoms with Crippen molar-refractivity contribution in [1.82, 2.24) is 14.4 Å². The molecule has 2 atom stereocenters.